The number of carboxylic acid groups (broad SMARTS) is 1. The number of para-hydroxylation sites is 2. The Hall–Kier alpha value is -3.22. The predicted molar refractivity (Wildman–Crippen MR) is 108 cm³/mol. The first kappa shape index (κ1) is 20.5. The lowest BCUT2D eigenvalue weighted by molar-refractivity contribution is -0.142. The van der Waals surface area contributed by atoms with Gasteiger partial charge in [-0.25, -0.2) is 4.79 Å². The number of methoxy groups -OCH3 is 1. The fraction of sp³-hybridized carbons (Fsp3) is 0.364. The molecular weight excluding hydrogens is 372 g/mol. The highest BCUT2D eigenvalue weighted by Gasteiger charge is 2.26. The third-order valence-corrected chi connectivity index (χ3v) is 5.08. The van der Waals surface area contributed by atoms with Crippen LogP contribution in [0.3, 0.4) is 0 Å². The van der Waals surface area contributed by atoms with Gasteiger partial charge in [-0.15, -0.1) is 0 Å². The third-order valence-electron chi connectivity index (χ3n) is 5.08. The molecule has 2 amide bonds. The summed E-state index contributed by atoms with van der Waals surface area (Å²) in [7, 11) is 1.60. The van der Waals surface area contributed by atoms with Crippen LogP contribution in [0.2, 0.25) is 0 Å². The summed E-state index contributed by atoms with van der Waals surface area (Å²) in [6.07, 6.45) is 2.60. The molecule has 0 spiro atoms. The van der Waals surface area contributed by atoms with Crippen LogP contribution in [0.4, 0.5) is 4.79 Å². The zero-order chi connectivity index (χ0) is 20.6. The van der Waals surface area contributed by atoms with Gasteiger partial charge in [-0.3, -0.25) is 4.79 Å². The normalized spacial score (nSPS) is 18.5. The van der Waals surface area contributed by atoms with Gasteiger partial charge in [-0.1, -0.05) is 24.3 Å². The first-order valence-electron chi connectivity index (χ1n) is 9.72. The minimum Gasteiger partial charge on any atom is -0.493 e. The monoisotopic (exact) mass is 398 g/mol. The molecule has 1 saturated carbocycles. The minimum atomic E-state index is -0.744. The molecule has 0 radical (unpaired) electrons. The zero-order valence-corrected chi connectivity index (χ0v) is 16.4. The van der Waals surface area contributed by atoms with Crippen molar-refractivity contribution in [3.05, 3.63) is 54.1 Å². The van der Waals surface area contributed by atoms with E-state index in [1.807, 2.05) is 48.5 Å². The Labute approximate surface area is 170 Å². The Morgan fingerprint density at radius 3 is 2.28 bits per heavy atom. The lowest BCUT2D eigenvalue weighted by Gasteiger charge is -2.26. The second kappa shape index (κ2) is 9.82. The number of carboxylic acids is 1. The van der Waals surface area contributed by atoms with Crippen LogP contribution < -0.4 is 20.1 Å². The van der Waals surface area contributed by atoms with Crippen LogP contribution in [0.15, 0.2) is 48.5 Å². The van der Waals surface area contributed by atoms with E-state index in [0.717, 1.165) is 5.56 Å². The lowest BCUT2D eigenvalue weighted by atomic mass is 9.86. The Bertz CT molecular complexity index is 829. The van der Waals surface area contributed by atoms with E-state index in [1.165, 1.54) is 0 Å². The lowest BCUT2D eigenvalue weighted by Crippen LogP contribution is -2.43. The van der Waals surface area contributed by atoms with Crippen molar-refractivity contribution in [2.24, 2.45) is 5.92 Å². The number of carbonyl (C=O) groups is 2. The van der Waals surface area contributed by atoms with Crippen molar-refractivity contribution in [2.75, 3.05) is 7.11 Å². The molecule has 0 unspecified atom stereocenters. The number of hydrogen-bond donors (Lipinski definition) is 3. The topological polar surface area (TPSA) is 96.9 Å². The van der Waals surface area contributed by atoms with Crippen LogP contribution in [0.1, 0.15) is 31.2 Å². The summed E-state index contributed by atoms with van der Waals surface area (Å²) in [5.41, 5.74) is 0.946. The molecule has 154 valence electrons. The molecule has 1 aliphatic carbocycles. The Kier molecular flexibility index (Phi) is 6.94. The number of nitrogens with one attached hydrogen (secondary N) is 2. The molecule has 3 rings (SSSR count). The minimum absolute atomic E-state index is 0.0298. The molecule has 1 fully saturated rings. The van der Waals surface area contributed by atoms with Crippen LogP contribution in [0.5, 0.6) is 17.2 Å². The van der Waals surface area contributed by atoms with Crippen LogP contribution in [0, 0.1) is 5.92 Å². The molecule has 0 atom stereocenters. The fourth-order valence-electron chi connectivity index (χ4n) is 3.41. The molecule has 0 heterocycles. The highest BCUT2D eigenvalue weighted by molar-refractivity contribution is 5.74. The molecule has 2 aromatic carbocycles. The van der Waals surface area contributed by atoms with Gasteiger partial charge >= 0.3 is 12.0 Å². The van der Waals surface area contributed by atoms with Crippen LogP contribution in [0.25, 0.3) is 0 Å². The molecule has 0 bridgehead atoms. The van der Waals surface area contributed by atoms with Crippen molar-refractivity contribution < 1.29 is 24.2 Å². The largest absolute Gasteiger partial charge is 0.493 e. The van der Waals surface area contributed by atoms with E-state index in [0.29, 0.717) is 49.5 Å². The quantitative estimate of drug-likeness (QED) is 0.657. The van der Waals surface area contributed by atoms with Crippen molar-refractivity contribution >= 4 is 12.0 Å². The number of hydrogen-bond acceptors (Lipinski definition) is 4. The average molecular weight is 398 g/mol. The van der Waals surface area contributed by atoms with Crippen molar-refractivity contribution in [1.82, 2.24) is 10.6 Å². The summed E-state index contributed by atoms with van der Waals surface area (Å²) in [6.45, 7) is 0.394. The van der Waals surface area contributed by atoms with E-state index in [4.69, 9.17) is 14.6 Å². The zero-order valence-electron chi connectivity index (χ0n) is 16.4. The van der Waals surface area contributed by atoms with Gasteiger partial charge in [0.1, 0.15) is 5.75 Å². The highest BCUT2D eigenvalue weighted by Crippen LogP contribution is 2.30. The second-order valence-corrected chi connectivity index (χ2v) is 7.11. The summed E-state index contributed by atoms with van der Waals surface area (Å²) in [5.74, 6) is 0.946. The molecular formula is C22H26N2O5. The number of urea groups is 1. The second-order valence-electron chi connectivity index (χ2n) is 7.11. The predicted octanol–water partition coefficient (Wildman–Crippen LogP) is 3.93. The van der Waals surface area contributed by atoms with Gasteiger partial charge in [0, 0.05) is 12.6 Å². The van der Waals surface area contributed by atoms with Crippen molar-refractivity contribution in [3.8, 4) is 17.2 Å². The SMILES string of the molecule is COc1ccccc1Oc1ccc(CNC(=O)NC2CCC(C(=O)O)CC2)cc1. The molecule has 2 aromatic rings. The fourth-order valence-corrected chi connectivity index (χ4v) is 3.41. The summed E-state index contributed by atoms with van der Waals surface area (Å²) >= 11 is 0. The molecule has 7 nitrogen and oxygen atoms in total. The van der Waals surface area contributed by atoms with Crippen LogP contribution in [-0.4, -0.2) is 30.3 Å². The first-order valence-corrected chi connectivity index (χ1v) is 9.72. The smallest absolute Gasteiger partial charge is 0.315 e. The number of aliphatic carboxylic acids is 1. The number of amides is 2. The van der Waals surface area contributed by atoms with Gasteiger partial charge in [0.15, 0.2) is 11.5 Å². The molecule has 7 heteroatoms. The van der Waals surface area contributed by atoms with E-state index in [-0.39, 0.29) is 18.0 Å². The average Bonchev–Trinajstić information content (AvgIpc) is 2.74. The molecule has 29 heavy (non-hydrogen) atoms. The van der Waals surface area contributed by atoms with Crippen LogP contribution >= 0.6 is 0 Å². The maximum absolute atomic E-state index is 12.1. The van der Waals surface area contributed by atoms with Crippen molar-refractivity contribution in [2.45, 2.75) is 38.3 Å². The molecule has 1 aliphatic rings. The van der Waals surface area contributed by atoms with Gasteiger partial charge in [0.05, 0.1) is 13.0 Å². The van der Waals surface area contributed by atoms with E-state index < -0.39 is 5.97 Å². The van der Waals surface area contributed by atoms with Gasteiger partial charge in [0.2, 0.25) is 0 Å². The van der Waals surface area contributed by atoms with E-state index in [1.54, 1.807) is 7.11 Å². The Morgan fingerprint density at radius 2 is 1.66 bits per heavy atom. The summed E-state index contributed by atoms with van der Waals surface area (Å²) in [6, 6.07) is 14.7. The molecule has 3 N–H and O–H groups in total. The first-order chi connectivity index (χ1) is 14.0. The van der Waals surface area contributed by atoms with Gasteiger partial charge in [0.25, 0.3) is 0 Å². The van der Waals surface area contributed by atoms with E-state index in [2.05, 4.69) is 10.6 Å². The Balaban J connectivity index is 1.44. The van der Waals surface area contributed by atoms with E-state index in [9.17, 15) is 9.59 Å². The van der Waals surface area contributed by atoms with Gasteiger partial charge in [-0.2, -0.15) is 0 Å². The molecule has 0 aromatic heterocycles. The van der Waals surface area contributed by atoms with Crippen LogP contribution in [-0.2, 0) is 11.3 Å². The van der Waals surface area contributed by atoms with Crippen molar-refractivity contribution in [3.63, 3.8) is 0 Å². The third kappa shape index (κ3) is 5.88. The van der Waals surface area contributed by atoms with Gasteiger partial charge < -0.3 is 25.2 Å². The number of rotatable bonds is 7. The highest BCUT2D eigenvalue weighted by atomic mass is 16.5. The maximum atomic E-state index is 12.1. The maximum Gasteiger partial charge on any atom is 0.315 e. The molecule has 0 aliphatic heterocycles. The number of ether oxygens (including phenoxy) is 2. The number of benzene rings is 2. The standard InChI is InChI=1S/C22H26N2O5/c1-28-19-4-2-3-5-20(19)29-18-12-6-15(7-13-18)14-23-22(27)24-17-10-8-16(9-11-17)21(25)26/h2-7,12-13,16-17H,8-11,14H2,1H3,(H,25,26)(H2,23,24,27). The number of carbonyl (C=O) groups excluding carboxylic acids is 1. The van der Waals surface area contributed by atoms with E-state index >= 15 is 0 Å². The molecule has 0 saturated heterocycles. The summed E-state index contributed by atoms with van der Waals surface area (Å²) in [4.78, 5) is 23.1. The summed E-state index contributed by atoms with van der Waals surface area (Å²) in [5, 5.41) is 14.8. The van der Waals surface area contributed by atoms with Crippen molar-refractivity contribution in [1.29, 1.82) is 0 Å². The summed E-state index contributed by atoms with van der Waals surface area (Å²) < 4.78 is 11.1. The van der Waals surface area contributed by atoms with Gasteiger partial charge in [-0.05, 0) is 55.5 Å². The Morgan fingerprint density at radius 1 is 1.00 bits per heavy atom.